The molecule has 1 aromatic carbocycles. The van der Waals surface area contributed by atoms with E-state index in [1.165, 1.54) is 46.0 Å². The van der Waals surface area contributed by atoms with Crippen LogP contribution in [0.15, 0.2) is 36.8 Å². The number of rotatable bonds is 9. The maximum Gasteiger partial charge on any atom is 0.303 e. The van der Waals surface area contributed by atoms with Crippen LogP contribution in [0.5, 0.6) is 0 Å². The average molecular weight is 406 g/mol. The fraction of sp³-hybridized carbons (Fsp3) is 0.440. The zero-order valence-electron chi connectivity index (χ0n) is 17.8. The van der Waals surface area contributed by atoms with Crippen molar-refractivity contribution in [2.45, 2.75) is 58.4 Å². The van der Waals surface area contributed by atoms with Crippen molar-refractivity contribution in [1.29, 1.82) is 0 Å². The third-order valence-electron chi connectivity index (χ3n) is 6.26. The number of hydrogen-bond donors (Lipinski definition) is 2. The average Bonchev–Trinajstić information content (AvgIpc) is 3.13. The van der Waals surface area contributed by atoms with Crippen LogP contribution in [-0.4, -0.2) is 39.0 Å². The number of fused-ring (bicyclic) bond motifs is 2. The minimum atomic E-state index is -0.679. The zero-order valence-corrected chi connectivity index (χ0v) is 17.8. The molecule has 2 aromatic heterocycles. The van der Waals surface area contributed by atoms with Crippen LogP contribution in [0, 0.1) is 6.92 Å². The summed E-state index contributed by atoms with van der Waals surface area (Å²) in [5.41, 5.74) is 7.72. The second-order valence-corrected chi connectivity index (χ2v) is 8.50. The number of hydrogen-bond acceptors (Lipinski definition) is 3. The smallest absolute Gasteiger partial charge is 0.303 e. The molecule has 0 aliphatic carbocycles. The maximum atomic E-state index is 10.5. The molecule has 5 nitrogen and oxygen atoms in total. The van der Waals surface area contributed by atoms with E-state index in [9.17, 15) is 4.79 Å². The molecule has 2 N–H and O–H groups in total. The van der Waals surface area contributed by atoms with E-state index in [0.717, 1.165) is 50.8 Å². The number of carbonyl (C=O) groups is 1. The number of nitrogens with one attached hydrogen (secondary N) is 1. The van der Waals surface area contributed by atoms with Crippen LogP contribution in [0.2, 0.25) is 0 Å². The molecule has 30 heavy (non-hydrogen) atoms. The van der Waals surface area contributed by atoms with Crippen molar-refractivity contribution in [1.82, 2.24) is 14.9 Å². The summed E-state index contributed by atoms with van der Waals surface area (Å²) in [5.74, 6) is -0.679. The number of aromatic nitrogens is 2. The first-order valence-corrected chi connectivity index (χ1v) is 11.1. The summed E-state index contributed by atoms with van der Waals surface area (Å²) in [5, 5.41) is 9.96. The maximum absolute atomic E-state index is 10.5. The molecule has 0 spiro atoms. The summed E-state index contributed by atoms with van der Waals surface area (Å²) in [6.45, 7) is 5.41. The van der Waals surface area contributed by atoms with Gasteiger partial charge in [-0.25, -0.2) is 0 Å². The molecule has 0 unspecified atom stereocenters. The fourth-order valence-electron chi connectivity index (χ4n) is 4.58. The number of aromatic amines is 1. The normalized spacial score (nSPS) is 14.2. The Balaban J connectivity index is 1.34. The standard InChI is InChI=1S/C25H31N3O2/c1-18-14-27-23-16-26-15-22(25(18)23)20-8-9-21-17-28(12-10-19(21)13-20)11-6-4-2-3-5-7-24(29)30/h8-9,13-16,27H,2-7,10-12,17H2,1H3,(H,29,30). The van der Waals surface area contributed by atoms with E-state index in [0.29, 0.717) is 6.42 Å². The van der Waals surface area contributed by atoms with Crippen LogP contribution in [0.3, 0.4) is 0 Å². The monoisotopic (exact) mass is 405 g/mol. The molecular weight excluding hydrogens is 374 g/mol. The second kappa shape index (κ2) is 9.43. The van der Waals surface area contributed by atoms with Gasteiger partial charge in [-0.15, -0.1) is 0 Å². The summed E-state index contributed by atoms with van der Waals surface area (Å²) < 4.78 is 0. The number of benzene rings is 1. The van der Waals surface area contributed by atoms with Crippen LogP contribution in [0.25, 0.3) is 22.0 Å². The highest BCUT2D eigenvalue weighted by molar-refractivity contribution is 5.96. The van der Waals surface area contributed by atoms with Gasteiger partial charge in [-0.1, -0.05) is 37.5 Å². The van der Waals surface area contributed by atoms with Gasteiger partial charge in [-0.2, -0.15) is 0 Å². The molecule has 0 atom stereocenters. The molecule has 3 aromatic rings. The fourth-order valence-corrected chi connectivity index (χ4v) is 4.58. The molecule has 158 valence electrons. The lowest BCUT2D eigenvalue weighted by atomic mass is 9.93. The van der Waals surface area contributed by atoms with Crippen molar-refractivity contribution in [3.05, 3.63) is 53.5 Å². The van der Waals surface area contributed by atoms with Gasteiger partial charge in [0.15, 0.2) is 0 Å². The Morgan fingerprint density at radius 1 is 1.13 bits per heavy atom. The van der Waals surface area contributed by atoms with E-state index in [4.69, 9.17) is 5.11 Å². The molecule has 0 saturated carbocycles. The molecule has 1 aliphatic rings. The van der Waals surface area contributed by atoms with Gasteiger partial charge in [0, 0.05) is 42.9 Å². The Morgan fingerprint density at radius 3 is 2.83 bits per heavy atom. The van der Waals surface area contributed by atoms with E-state index in [1.54, 1.807) is 0 Å². The number of unbranched alkanes of at least 4 members (excludes halogenated alkanes) is 4. The molecule has 0 amide bonds. The number of pyridine rings is 1. The Hall–Kier alpha value is -2.66. The molecule has 5 heteroatoms. The number of H-pyrrole nitrogens is 1. The van der Waals surface area contributed by atoms with Gasteiger partial charge in [-0.3, -0.25) is 14.7 Å². The lowest BCUT2D eigenvalue weighted by molar-refractivity contribution is -0.137. The molecule has 3 heterocycles. The van der Waals surface area contributed by atoms with Gasteiger partial charge < -0.3 is 10.1 Å². The minimum Gasteiger partial charge on any atom is -0.481 e. The van der Waals surface area contributed by atoms with Crippen molar-refractivity contribution < 1.29 is 9.90 Å². The van der Waals surface area contributed by atoms with Crippen LogP contribution < -0.4 is 0 Å². The van der Waals surface area contributed by atoms with Gasteiger partial charge >= 0.3 is 5.97 Å². The lowest BCUT2D eigenvalue weighted by Gasteiger charge is -2.29. The van der Waals surface area contributed by atoms with Crippen LogP contribution in [0.1, 0.15) is 55.2 Å². The first kappa shape index (κ1) is 20.6. The predicted molar refractivity (Wildman–Crippen MR) is 121 cm³/mol. The summed E-state index contributed by atoms with van der Waals surface area (Å²) in [6, 6.07) is 6.90. The highest BCUT2D eigenvalue weighted by Crippen LogP contribution is 2.32. The van der Waals surface area contributed by atoms with Crippen molar-refractivity contribution >= 4 is 16.9 Å². The summed E-state index contributed by atoms with van der Waals surface area (Å²) >= 11 is 0. The second-order valence-electron chi connectivity index (χ2n) is 8.50. The molecule has 1 aliphatic heterocycles. The van der Waals surface area contributed by atoms with E-state index in [2.05, 4.69) is 46.2 Å². The number of aliphatic carboxylic acids is 1. The Morgan fingerprint density at radius 2 is 1.97 bits per heavy atom. The van der Waals surface area contributed by atoms with Crippen molar-refractivity contribution in [2.24, 2.45) is 0 Å². The highest BCUT2D eigenvalue weighted by Gasteiger charge is 2.17. The summed E-state index contributed by atoms with van der Waals surface area (Å²) in [6.07, 6.45) is 12.7. The van der Waals surface area contributed by atoms with Crippen molar-refractivity contribution in [3.8, 4) is 11.1 Å². The third-order valence-corrected chi connectivity index (χ3v) is 6.26. The Bertz CT molecular complexity index is 1020. The third kappa shape index (κ3) is 4.73. The summed E-state index contributed by atoms with van der Waals surface area (Å²) in [4.78, 5) is 20.8. The van der Waals surface area contributed by atoms with E-state index < -0.39 is 5.97 Å². The van der Waals surface area contributed by atoms with Gasteiger partial charge in [0.2, 0.25) is 0 Å². The van der Waals surface area contributed by atoms with Gasteiger partial charge in [0.25, 0.3) is 0 Å². The van der Waals surface area contributed by atoms with Crippen LogP contribution >= 0.6 is 0 Å². The first-order chi connectivity index (χ1) is 14.6. The molecule has 0 radical (unpaired) electrons. The summed E-state index contributed by atoms with van der Waals surface area (Å²) in [7, 11) is 0. The largest absolute Gasteiger partial charge is 0.481 e. The minimum absolute atomic E-state index is 0.305. The topological polar surface area (TPSA) is 69.2 Å². The number of carboxylic acids is 1. The van der Waals surface area contributed by atoms with E-state index >= 15 is 0 Å². The quantitative estimate of drug-likeness (QED) is 0.473. The highest BCUT2D eigenvalue weighted by atomic mass is 16.4. The van der Waals surface area contributed by atoms with E-state index in [-0.39, 0.29) is 0 Å². The predicted octanol–water partition coefficient (Wildman–Crippen LogP) is 5.32. The lowest BCUT2D eigenvalue weighted by Crippen LogP contribution is -2.31. The van der Waals surface area contributed by atoms with Gasteiger partial charge in [-0.05, 0) is 55.0 Å². The Labute approximate surface area is 178 Å². The van der Waals surface area contributed by atoms with Crippen molar-refractivity contribution in [3.63, 3.8) is 0 Å². The van der Waals surface area contributed by atoms with Crippen LogP contribution in [-0.2, 0) is 17.8 Å². The van der Waals surface area contributed by atoms with Crippen LogP contribution in [0.4, 0.5) is 0 Å². The molecule has 0 bridgehead atoms. The molecule has 0 fully saturated rings. The van der Waals surface area contributed by atoms with Gasteiger partial charge in [0.1, 0.15) is 0 Å². The molecule has 4 rings (SSSR count). The van der Waals surface area contributed by atoms with E-state index in [1.807, 2.05) is 12.4 Å². The Kier molecular flexibility index (Phi) is 6.48. The molecule has 0 saturated heterocycles. The SMILES string of the molecule is Cc1c[nH]c2cncc(-c3ccc4c(c3)CCN(CCCCCCCC(=O)O)C4)c12. The number of aryl methyl sites for hydroxylation is 1. The number of carboxylic acid groups (broad SMARTS) is 1. The van der Waals surface area contributed by atoms with Gasteiger partial charge in [0.05, 0.1) is 11.7 Å². The van der Waals surface area contributed by atoms with Crippen molar-refractivity contribution in [2.75, 3.05) is 13.1 Å². The first-order valence-electron chi connectivity index (χ1n) is 11.1. The zero-order chi connectivity index (χ0) is 20.9. The number of nitrogens with zero attached hydrogens (tertiary/aromatic N) is 2. The molecular formula is C25H31N3O2.